The molecule has 1 fully saturated rings. The van der Waals surface area contributed by atoms with E-state index in [-0.39, 0.29) is 6.42 Å². The molecule has 1 aliphatic rings. The zero-order valence-electron chi connectivity index (χ0n) is 13.2. The first-order valence-corrected chi connectivity index (χ1v) is 8.97. The predicted octanol–water partition coefficient (Wildman–Crippen LogP) is 1.94. The molecule has 2 atom stereocenters. The number of sulfone groups is 1. The molecule has 25 heavy (non-hydrogen) atoms. The Hall–Kier alpha value is -2.10. The molecule has 1 aromatic rings. The topological polar surface area (TPSA) is 91.8 Å². The highest BCUT2D eigenvalue weighted by molar-refractivity contribution is 7.92. The molecule has 1 N–H and O–H groups in total. The highest BCUT2D eigenvalue weighted by atomic mass is 32.2. The largest absolute Gasteiger partial charge is 0.480 e. The maximum absolute atomic E-state index is 13.1. The first-order valence-electron chi connectivity index (χ1n) is 7.42. The number of carboxylic acid groups (broad SMARTS) is 1. The lowest BCUT2D eigenvalue weighted by atomic mass is 10.2. The number of amides is 1. The van der Waals surface area contributed by atoms with Crippen molar-refractivity contribution in [3.8, 4) is 0 Å². The fourth-order valence-electron chi connectivity index (χ4n) is 2.86. The van der Waals surface area contributed by atoms with E-state index >= 15 is 0 Å². The number of rotatable bonds is 4. The number of carbonyl (C=O) groups is 2. The Kier molecular flexibility index (Phi) is 5.12. The summed E-state index contributed by atoms with van der Waals surface area (Å²) in [6, 6.07) is 2.37. The second-order valence-electron chi connectivity index (χ2n) is 5.65. The average molecular weight is 379 g/mol. The van der Waals surface area contributed by atoms with Gasteiger partial charge in [-0.15, -0.1) is 0 Å². The fourth-order valence-corrected chi connectivity index (χ4v) is 4.77. The van der Waals surface area contributed by atoms with E-state index in [2.05, 4.69) is 0 Å². The average Bonchev–Trinajstić information content (AvgIpc) is 2.99. The number of carbonyl (C=O) groups excluding carboxylic acids is 1. The van der Waals surface area contributed by atoms with Crippen LogP contribution >= 0.6 is 0 Å². The molecule has 138 valence electrons. The number of nitrogens with zero attached hydrogens (tertiary/aromatic N) is 1. The predicted molar refractivity (Wildman–Crippen MR) is 80.5 cm³/mol. The fraction of sp³-hybridized carbons (Fsp3) is 0.467. The van der Waals surface area contributed by atoms with Gasteiger partial charge in [-0.3, -0.25) is 4.79 Å². The van der Waals surface area contributed by atoms with Gasteiger partial charge in [-0.1, -0.05) is 19.1 Å². The van der Waals surface area contributed by atoms with E-state index in [9.17, 15) is 36.3 Å². The lowest BCUT2D eigenvalue weighted by Crippen LogP contribution is -2.40. The summed E-state index contributed by atoms with van der Waals surface area (Å²) >= 11 is 0. The molecule has 1 heterocycles. The van der Waals surface area contributed by atoms with E-state index in [0.29, 0.717) is 6.07 Å². The second kappa shape index (κ2) is 6.66. The molecule has 0 radical (unpaired) electrons. The zero-order chi connectivity index (χ0) is 19.0. The summed E-state index contributed by atoms with van der Waals surface area (Å²) in [5.74, 6) is -1.95. The van der Waals surface area contributed by atoms with Gasteiger partial charge in [0.1, 0.15) is 6.04 Å². The summed E-state index contributed by atoms with van der Waals surface area (Å²) in [7, 11) is -4.47. The highest BCUT2D eigenvalue weighted by Crippen LogP contribution is 2.37. The van der Waals surface area contributed by atoms with Crippen molar-refractivity contribution in [3.63, 3.8) is 0 Å². The molecular formula is C15H16F3NO5S. The van der Waals surface area contributed by atoms with Crippen LogP contribution in [0, 0.1) is 0 Å². The van der Waals surface area contributed by atoms with Gasteiger partial charge in [0.15, 0.2) is 9.84 Å². The first-order chi connectivity index (χ1) is 11.5. The third-order valence-corrected chi connectivity index (χ3v) is 6.30. The minimum absolute atomic E-state index is 0.0321. The molecule has 1 saturated heterocycles. The molecule has 0 aromatic heterocycles. The van der Waals surface area contributed by atoms with Crippen molar-refractivity contribution in [2.75, 3.05) is 6.54 Å². The summed E-state index contributed by atoms with van der Waals surface area (Å²) in [5, 5.41) is 7.79. The molecule has 0 saturated carbocycles. The van der Waals surface area contributed by atoms with E-state index in [1.165, 1.54) is 13.0 Å². The number of halogens is 3. The van der Waals surface area contributed by atoms with Crippen LogP contribution in [0.25, 0.3) is 0 Å². The van der Waals surface area contributed by atoms with E-state index in [1.807, 2.05) is 0 Å². The number of hydrogen-bond donors (Lipinski definition) is 1. The molecule has 6 nitrogen and oxygen atoms in total. The number of aliphatic carboxylic acids is 1. The van der Waals surface area contributed by atoms with E-state index in [1.54, 1.807) is 0 Å². The molecule has 10 heteroatoms. The Morgan fingerprint density at radius 2 is 1.88 bits per heavy atom. The van der Waals surface area contributed by atoms with Crippen LogP contribution < -0.4 is 0 Å². The Balaban J connectivity index is 2.45. The van der Waals surface area contributed by atoms with Gasteiger partial charge in [0.05, 0.1) is 15.7 Å². The smallest absolute Gasteiger partial charge is 0.417 e. The molecule has 1 amide bonds. The van der Waals surface area contributed by atoms with Crippen LogP contribution in [0.5, 0.6) is 0 Å². The van der Waals surface area contributed by atoms with Gasteiger partial charge in [-0.25, -0.2) is 13.2 Å². The minimum atomic E-state index is -4.87. The third kappa shape index (κ3) is 3.63. The number of likely N-dealkylation sites (tertiary alicyclic amines) is 1. The summed E-state index contributed by atoms with van der Waals surface area (Å²) in [5.41, 5.74) is -1.30. The van der Waals surface area contributed by atoms with Crippen LogP contribution in [0.15, 0.2) is 29.2 Å². The maximum Gasteiger partial charge on any atom is 0.417 e. The number of hydrogen-bond acceptors (Lipinski definition) is 4. The highest BCUT2D eigenvalue weighted by Gasteiger charge is 2.47. The lowest BCUT2D eigenvalue weighted by molar-refractivity contribution is -0.148. The van der Waals surface area contributed by atoms with Crippen LogP contribution in [0.4, 0.5) is 13.2 Å². The van der Waals surface area contributed by atoms with Crippen LogP contribution in [0.1, 0.15) is 25.3 Å². The van der Waals surface area contributed by atoms with Crippen molar-refractivity contribution in [2.45, 2.75) is 42.1 Å². The van der Waals surface area contributed by atoms with Crippen LogP contribution in [0.2, 0.25) is 0 Å². The standard InChI is InChI=1S/C15H16F3NO5S/c1-2-13(20)19-8-9(7-11(19)14(21)22)25(23,24)12-6-4-3-5-10(12)15(16,17)18/h3-6,9,11H,2,7-8H2,1H3,(H,21,22). The zero-order valence-corrected chi connectivity index (χ0v) is 14.0. The Bertz CT molecular complexity index is 791. The molecule has 1 aliphatic heterocycles. The Morgan fingerprint density at radius 3 is 2.40 bits per heavy atom. The van der Waals surface area contributed by atoms with Crippen LogP contribution in [-0.4, -0.2) is 48.1 Å². The van der Waals surface area contributed by atoms with Crippen molar-refractivity contribution in [1.82, 2.24) is 4.90 Å². The molecule has 0 spiro atoms. The van der Waals surface area contributed by atoms with Gasteiger partial charge >= 0.3 is 12.1 Å². The van der Waals surface area contributed by atoms with Gasteiger partial charge in [-0.05, 0) is 18.6 Å². The summed E-state index contributed by atoms with van der Waals surface area (Å²) in [4.78, 5) is 23.2. The van der Waals surface area contributed by atoms with Crippen molar-refractivity contribution in [1.29, 1.82) is 0 Å². The summed E-state index contributed by atoms with van der Waals surface area (Å²) in [6.07, 6.45) is -5.35. The molecular weight excluding hydrogens is 363 g/mol. The first kappa shape index (κ1) is 19.2. The Morgan fingerprint density at radius 1 is 1.28 bits per heavy atom. The van der Waals surface area contributed by atoms with Crippen molar-refractivity contribution in [2.24, 2.45) is 0 Å². The van der Waals surface area contributed by atoms with Crippen molar-refractivity contribution < 1.29 is 36.3 Å². The maximum atomic E-state index is 13.1. The van der Waals surface area contributed by atoms with Gasteiger partial charge in [0.2, 0.25) is 5.91 Å². The summed E-state index contributed by atoms with van der Waals surface area (Å²) in [6.45, 7) is 1.04. The SMILES string of the molecule is CCC(=O)N1CC(S(=O)(=O)c2ccccc2C(F)(F)F)CC1C(=O)O. The van der Waals surface area contributed by atoms with Crippen molar-refractivity contribution >= 4 is 21.7 Å². The molecule has 1 aromatic carbocycles. The molecule has 0 bridgehead atoms. The van der Waals surface area contributed by atoms with Gasteiger partial charge in [0.25, 0.3) is 0 Å². The van der Waals surface area contributed by atoms with E-state index in [4.69, 9.17) is 0 Å². The van der Waals surface area contributed by atoms with Gasteiger partial charge in [-0.2, -0.15) is 13.2 Å². The molecule has 2 unspecified atom stereocenters. The van der Waals surface area contributed by atoms with Gasteiger partial charge in [0, 0.05) is 13.0 Å². The Labute approximate surface area is 142 Å². The molecule has 0 aliphatic carbocycles. The van der Waals surface area contributed by atoms with E-state index in [0.717, 1.165) is 17.0 Å². The quantitative estimate of drug-likeness (QED) is 0.863. The van der Waals surface area contributed by atoms with Crippen LogP contribution in [0.3, 0.4) is 0 Å². The minimum Gasteiger partial charge on any atom is -0.480 e. The normalized spacial score (nSPS) is 21.4. The number of carboxylic acids is 1. The number of alkyl halides is 3. The lowest BCUT2D eigenvalue weighted by Gasteiger charge is -2.20. The van der Waals surface area contributed by atoms with Crippen molar-refractivity contribution in [3.05, 3.63) is 29.8 Å². The molecule has 2 rings (SSSR count). The number of benzene rings is 1. The third-order valence-electron chi connectivity index (χ3n) is 4.11. The van der Waals surface area contributed by atoms with Gasteiger partial charge < -0.3 is 10.0 Å². The second-order valence-corrected chi connectivity index (χ2v) is 7.85. The van der Waals surface area contributed by atoms with Crippen LogP contribution in [-0.2, 0) is 25.6 Å². The monoisotopic (exact) mass is 379 g/mol. The summed E-state index contributed by atoms with van der Waals surface area (Å²) < 4.78 is 64.7. The van der Waals surface area contributed by atoms with E-state index < -0.39 is 62.6 Å².